The number of rotatable bonds is 6. The van der Waals surface area contributed by atoms with E-state index in [4.69, 9.17) is 16.3 Å². The van der Waals surface area contributed by atoms with Gasteiger partial charge < -0.3 is 10.1 Å². The van der Waals surface area contributed by atoms with Crippen molar-refractivity contribution in [1.82, 2.24) is 10.0 Å². The van der Waals surface area contributed by atoms with Gasteiger partial charge in [-0.3, -0.25) is 0 Å². The average Bonchev–Trinajstić information content (AvgIpc) is 2.72. The molecule has 0 spiro atoms. The zero-order chi connectivity index (χ0) is 20.9. The van der Waals surface area contributed by atoms with Gasteiger partial charge in [0.1, 0.15) is 10.6 Å². The minimum Gasteiger partial charge on any atom is -0.497 e. The molecule has 2 amide bonds. The normalized spacial score (nSPS) is 11.1. The molecule has 0 aliphatic carbocycles. The zero-order valence-electron chi connectivity index (χ0n) is 15.5. The van der Waals surface area contributed by atoms with E-state index in [-0.39, 0.29) is 9.92 Å². The third-order valence-electron chi connectivity index (χ3n) is 4.20. The van der Waals surface area contributed by atoms with E-state index in [1.807, 2.05) is 65.4 Å². The van der Waals surface area contributed by atoms with Gasteiger partial charge in [-0.15, -0.1) is 0 Å². The largest absolute Gasteiger partial charge is 0.497 e. The van der Waals surface area contributed by atoms with Gasteiger partial charge in [0.2, 0.25) is 0 Å². The van der Waals surface area contributed by atoms with Crippen LogP contribution < -0.4 is 14.8 Å². The number of amides is 2. The summed E-state index contributed by atoms with van der Waals surface area (Å²) in [6.45, 7) is 0. The van der Waals surface area contributed by atoms with Crippen molar-refractivity contribution in [3.63, 3.8) is 0 Å². The van der Waals surface area contributed by atoms with E-state index >= 15 is 0 Å². The average molecular weight is 431 g/mol. The highest BCUT2D eigenvalue weighted by atomic mass is 35.5. The van der Waals surface area contributed by atoms with Crippen LogP contribution in [-0.2, 0) is 10.0 Å². The van der Waals surface area contributed by atoms with Crippen LogP contribution in [0.1, 0.15) is 17.2 Å². The lowest BCUT2D eigenvalue weighted by Gasteiger charge is -2.20. The molecule has 0 aromatic heterocycles. The number of nitrogens with one attached hydrogen (secondary N) is 2. The Morgan fingerprint density at radius 2 is 1.48 bits per heavy atom. The van der Waals surface area contributed by atoms with Crippen molar-refractivity contribution in [2.24, 2.45) is 0 Å². The first kappa shape index (κ1) is 20.7. The van der Waals surface area contributed by atoms with Crippen molar-refractivity contribution in [2.45, 2.75) is 10.9 Å². The van der Waals surface area contributed by atoms with Crippen LogP contribution in [0.2, 0.25) is 5.02 Å². The van der Waals surface area contributed by atoms with Crippen molar-refractivity contribution in [3.05, 3.63) is 95.0 Å². The van der Waals surface area contributed by atoms with Gasteiger partial charge in [-0.2, -0.15) is 0 Å². The second kappa shape index (κ2) is 8.98. The van der Waals surface area contributed by atoms with Crippen LogP contribution in [0, 0.1) is 0 Å². The molecule has 0 bridgehead atoms. The third kappa shape index (κ3) is 5.07. The third-order valence-corrected chi connectivity index (χ3v) is 6.01. The van der Waals surface area contributed by atoms with Gasteiger partial charge in [-0.05, 0) is 23.3 Å². The second-order valence-corrected chi connectivity index (χ2v) is 8.19. The van der Waals surface area contributed by atoms with Gasteiger partial charge in [0, 0.05) is 6.07 Å². The van der Waals surface area contributed by atoms with Crippen LogP contribution in [0.15, 0.2) is 83.8 Å². The molecule has 6 nitrogen and oxygen atoms in total. The Morgan fingerprint density at radius 1 is 0.931 bits per heavy atom. The monoisotopic (exact) mass is 430 g/mol. The number of halogens is 1. The summed E-state index contributed by atoms with van der Waals surface area (Å²) < 4.78 is 32.3. The fourth-order valence-corrected chi connectivity index (χ4v) is 4.27. The lowest BCUT2D eigenvalue weighted by molar-refractivity contribution is 0.243. The van der Waals surface area contributed by atoms with E-state index in [9.17, 15) is 13.2 Å². The van der Waals surface area contributed by atoms with Crippen LogP contribution in [0.3, 0.4) is 0 Å². The molecule has 3 rings (SSSR count). The van der Waals surface area contributed by atoms with Crippen molar-refractivity contribution >= 4 is 27.7 Å². The smallest absolute Gasteiger partial charge is 0.329 e. The van der Waals surface area contributed by atoms with E-state index in [1.54, 1.807) is 0 Å². The Labute approximate surface area is 174 Å². The van der Waals surface area contributed by atoms with E-state index < -0.39 is 22.1 Å². The lowest BCUT2D eigenvalue weighted by Crippen LogP contribution is -2.41. The van der Waals surface area contributed by atoms with Gasteiger partial charge in [0.05, 0.1) is 18.2 Å². The van der Waals surface area contributed by atoms with Crippen LogP contribution in [0.4, 0.5) is 4.79 Å². The van der Waals surface area contributed by atoms with Crippen LogP contribution in [0.25, 0.3) is 0 Å². The molecule has 0 aliphatic heterocycles. The fraction of sp³-hybridized carbons (Fsp3) is 0.0952. The molecular weight excluding hydrogens is 412 g/mol. The maximum absolute atomic E-state index is 12.6. The van der Waals surface area contributed by atoms with Crippen LogP contribution in [0.5, 0.6) is 5.75 Å². The minimum atomic E-state index is -4.17. The molecule has 0 radical (unpaired) electrons. The summed E-state index contributed by atoms with van der Waals surface area (Å²) in [6, 6.07) is 21.2. The predicted molar refractivity (Wildman–Crippen MR) is 112 cm³/mol. The summed E-state index contributed by atoms with van der Waals surface area (Å²) in [6.07, 6.45) is 0. The molecule has 0 heterocycles. The predicted octanol–water partition coefficient (Wildman–Crippen LogP) is 4.13. The molecule has 0 unspecified atom stereocenters. The van der Waals surface area contributed by atoms with Crippen molar-refractivity contribution in [2.75, 3.05) is 7.11 Å². The standard InChI is InChI=1S/C21H19ClN2O4S/c1-28-17-12-13-19(18(22)14-17)29(26,27)24-21(25)23-20(15-8-4-2-5-9-15)16-10-6-3-7-11-16/h2-14,20H,1H3,(H2,23,24,25). The quantitative estimate of drug-likeness (QED) is 0.615. The number of hydrogen-bond donors (Lipinski definition) is 2. The molecule has 0 aliphatic rings. The van der Waals surface area contributed by atoms with E-state index in [0.717, 1.165) is 11.1 Å². The number of carbonyl (C=O) groups excluding carboxylic acids is 1. The Balaban J connectivity index is 1.83. The second-order valence-electron chi connectivity index (χ2n) is 6.13. The molecular formula is C21H19ClN2O4S. The highest BCUT2D eigenvalue weighted by Gasteiger charge is 2.24. The summed E-state index contributed by atoms with van der Waals surface area (Å²) in [4.78, 5) is 12.3. The first-order valence-electron chi connectivity index (χ1n) is 8.67. The summed E-state index contributed by atoms with van der Waals surface area (Å²) in [5.41, 5.74) is 1.63. The van der Waals surface area contributed by atoms with Crippen molar-refractivity contribution in [1.29, 1.82) is 0 Å². The van der Waals surface area contributed by atoms with Crippen LogP contribution in [-0.4, -0.2) is 21.6 Å². The van der Waals surface area contributed by atoms with E-state index in [1.165, 1.54) is 25.3 Å². The zero-order valence-corrected chi connectivity index (χ0v) is 17.1. The van der Waals surface area contributed by atoms with Gasteiger partial charge in [-0.1, -0.05) is 72.3 Å². The Bertz CT molecular complexity index is 1050. The van der Waals surface area contributed by atoms with Gasteiger partial charge in [0.25, 0.3) is 10.0 Å². The number of ether oxygens (including phenoxy) is 1. The summed E-state index contributed by atoms with van der Waals surface area (Å²) >= 11 is 6.04. The minimum absolute atomic E-state index is 0.0488. The highest BCUT2D eigenvalue weighted by molar-refractivity contribution is 7.90. The maximum atomic E-state index is 12.6. The molecule has 8 heteroatoms. The highest BCUT2D eigenvalue weighted by Crippen LogP contribution is 2.26. The number of sulfonamides is 1. The first-order valence-corrected chi connectivity index (χ1v) is 10.5. The Kier molecular flexibility index (Phi) is 6.41. The van der Waals surface area contributed by atoms with Gasteiger partial charge in [0.15, 0.2) is 0 Å². The van der Waals surface area contributed by atoms with Crippen molar-refractivity contribution in [3.8, 4) is 5.75 Å². The topological polar surface area (TPSA) is 84.5 Å². The SMILES string of the molecule is COc1ccc(S(=O)(=O)NC(=O)NC(c2ccccc2)c2ccccc2)c(Cl)c1. The maximum Gasteiger partial charge on any atom is 0.329 e. The molecule has 0 atom stereocenters. The number of hydrogen-bond acceptors (Lipinski definition) is 4. The number of methoxy groups -OCH3 is 1. The van der Waals surface area contributed by atoms with Crippen molar-refractivity contribution < 1.29 is 17.9 Å². The molecule has 3 aromatic rings. The Hall–Kier alpha value is -3.03. The molecule has 0 fully saturated rings. The number of carbonyl (C=O) groups is 1. The van der Waals surface area contributed by atoms with Gasteiger partial charge >= 0.3 is 6.03 Å². The molecule has 2 N–H and O–H groups in total. The first-order chi connectivity index (χ1) is 13.9. The summed E-state index contributed by atoms with van der Waals surface area (Å²) in [5.74, 6) is 0.409. The fourth-order valence-electron chi connectivity index (χ4n) is 2.81. The molecule has 29 heavy (non-hydrogen) atoms. The van der Waals surface area contributed by atoms with Crippen LogP contribution >= 0.6 is 11.6 Å². The van der Waals surface area contributed by atoms with E-state index in [2.05, 4.69) is 5.32 Å². The molecule has 0 saturated heterocycles. The molecule has 0 saturated carbocycles. The van der Waals surface area contributed by atoms with Gasteiger partial charge in [-0.25, -0.2) is 17.9 Å². The number of benzene rings is 3. The Morgan fingerprint density at radius 3 is 1.97 bits per heavy atom. The molecule has 150 valence electrons. The molecule has 3 aromatic carbocycles. The van der Waals surface area contributed by atoms with E-state index in [0.29, 0.717) is 5.75 Å². The number of urea groups is 1. The summed E-state index contributed by atoms with van der Waals surface area (Å²) in [5, 5.41) is 2.67. The lowest BCUT2D eigenvalue weighted by atomic mass is 9.99. The summed E-state index contributed by atoms with van der Waals surface area (Å²) in [7, 11) is -2.73.